The van der Waals surface area contributed by atoms with E-state index in [0.29, 0.717) is 13.1 Å². The van der Waals surface area contributed by atoms with Gasteiger partial charge in [-0.05, 0) is 20.8 Å². The van der Waals surface area contributed by atoms with Crippen LogP contribution >= 0.6 is 22.6 Å². The summed E-state index contributed by atoms with van der Waals surface area (Å²) in [6.45, 7) is 6.59. The smallest absolute Gasteiger partial charge is 0.407 e. The number of amides is 1. The molecule has 4 nitrogen and oxygen atoms in total. The van der Waals surface area contributed by atoms with Crippen LogP contribution in [0.15, 0.2) is 0 Å². The van der Waals surface area contributed by atoms with E-state index in [0.717, 1.165) is 0 Å². The summed E-state index contributed by atoms with van der Waals surface area (Å²) in [6.07, 6.45) is -0.386. The van der Waals surface area contributed by atoms with Crippen molar-refractivity contribution in [2.75, 3.05) is 13.1 Å². The number of hydrogen-bond donors (Lipinski definition) is 2. The van der Waals surface area contributed by atoms with E-state index in [1.54, 1.807) is 0 Å². The van der Waals surface area contributed by atoms with Crippen LogP contribution in [0.1, 0.15) is 20.8 Å². The molecule has 5 heteroatoms. The van der Waals surface area contributed by atoms with E-state index in [-0.39, 0.29) is 10.0 Å². The Morgan fingerprint density at radius 1 is 1.62 bits per heavy atom. The second-order valence-electron chi connectivity index (χ2n) is 3.72. The second-order valence-corrected chi connectivity index (χ2v) is 5.48. The van der Waals surface area contributed by atoms with Gasteiger partial charge in [-0.25, -0.2) is 4.79 Å². The number of halogens is 1. The molecule has 0 heterocycles. The van der Waals surface area contributed by atoms with Gasteiger partial charge in [0.15, 0.2) is 0 Å². The molecule has 0 saturated heterocycles. The highest BCUT2D eigenvalue weighted by molar-refractivity contribution is 14.1. The van der Waals surface area contributed by atoms with Gasteiger partial charge in [0.1, 0.15) is 5.60 Å². The average Bonchev–Trinajstić information content (AvgIpc) is 1.97. The minimum absolute atomic E-state index is 0.255. The number of nitrogens with two attached hydrogens (primary N) is 1. The first-order chi connectivity index (χ1) is 5.85. The molecule has 0 bridgehead atoms. The molecule has 0 aliphatic heterocycles. The van der Waals surface area contributed by atoms with E-state index in [1.165, 1.54) is 0 Å². The van der Waals surface area contributed by atoms with E-state index < -0.39 is 5.60 Å². The monoisotopic (exact) mass is 300 g/mol. The lowest BCUT2D eigenvalue weighted by Crippen LogP contribution is -2.37. The molecule has 1 unspecified atom stereocenters. The summed E-state index contributed by atoms with van der Waals surface area (Å²) in [4.78, 5) is 11.1. The molecular weight excluding hydrogens is 283 g/mol. The third-order valence-corrected chi connectivity index (χ3v) is 2.07. The van der Waals surface area contributed by atoms with Crippen LogP contribution in [0.2, 0.25) is 0 Å². The van der Waals surface area contributed by atoms with Gasteiger partial charge < -0.3 is 15.8 Å². The van der Waals surface area contributed by atoms with E-state index in [1.807, 2.05) is 20.8 Å². The molecule has 1 atom stereocenters. The van der Waals surface area contributed by atoms with Crippen LogP contribution in [0.3, 0.4) is 0 Å². The predicted molar refractivity (Wildman–Crippen MR) is 61.1 cm³/mol. The fourth-order valence-electron chi connectivity index (χ4n) is 0.592. The molecule has 0 fully saturated rings. The first-order valence-corrected chi connectivity index (χ1v) is 5.40. The van der Waals surface area contributed by atoms with Crippen molar-refractivity contribution in [1.82, 2.24) is 5.32 Å². The van der Waals surface area contributed by atoms with Crippen molar-refractivity contribution in [2.24, 2.45) is 5.73 Å². The van der Waals surface area contributed by atoms with Gasteiger partial charge >= 0.3 is 6.09 Å². The number of hydrogen-bond acceptors (Lipinski definition) is 3. The van der Waals surface area contributed by atoms with E-state index in [9.17, 15) is 4.79 Å². The first kappa shape index (κ1) is 13.0. The maximum absolute atomic E-state index is 11.1. The fourth-order valence-corrected chi connectivity index (χ4v) is 0.812. The fraction of sp³-hybridized carbons (Fsp3) is 0.875. The zero-order valence-electron chi connectivity index (χ0n) is 8.26. The summed E-state index contributed by atoms with van der Waals surface area (Å²) in [7, 11) is 0. The number of carbonyl (C=O) groups excluding carboxylic acids is 1. The summed E-state index contributed by atoms with van der Waals surface area (Å²) in [6, 6.07) is 0. The number of nitrogens with one attached hydrogen (secondary N) is 1. The van der Waals surface area contributed by atoms with Crippen molar-refractivity contribution in [2.45, 2.75) is 30.3 Å². The van der Waals surface area contributed by atoms with Crippen LogP contribution in [0, 0.1) is 0 Å². The van der Waals surface area contributed by atoms with Gasteiger partial charge in [0.05, 0.1) is 0 Å². The maximum atomic E-state index is 11.1. The average molecular weight is 300 g/mol. The van der Waals surface area contributed by atoms with Crippen LogP contribution in [-0.4, -0.2) is 28.7 Å². The summed E-state index contributed by atoms with van der Waals surface area (Å²) >= 11 is 2.18. The van der Waals surface area contributed by atoms with Crippen molar-refractivity contribution in [3.05, 3.63) is 0 Å². The topological polar surface area (TPSA) is 64.3 Å². The molecule has 78 valence electrons. The van der Waals surface area contributed by atoms with Gasteiger partial charge in [-0.2, -0.15) is 0 Å². The zero-order valence-corrected chi connectivity index (χ0v) is 10.4. The van der Waals surface area contributed by atoms with E-state index in [2.05, 4.69) is 27.9 Å². The van der Waals surface area contributed by atoms with E-state index >= 15 is 0 Å². The number of rotatable bonds is 3. The summed E-state index contributed by atoms with van der Waals surface area (Å²) in [5.74, 6) is 0. The molecular formula is C8H17IN2O2. The highest BCUT2D eigenvalue weighted by Gasteiger charge is 2.16. The molecule has 0 aliphatic rings. The van der Waals surface area contributed by atoms with Crippen LogP contribution in [0.25, 0.3) is 0 Å². The number of alkyl carbamates (subject to hydrolysis) is 1. The molecule has 1 amide bonds. The van der Waals surface area contributed by atoms with Crippen LogP contribution in [0.4, 0.5) is 4.79 Å². The van der Waals surface area contributed by atoms with Gasteiger partial charge in [0.2, 0.25) is 0 Å². The van der Waals surface area contributed by atoms with Gasteiger partial charge in [0, 0.05) is 17.0 Å². The van der Waals surface area contributed by atoms with Gasteiger partial charge in [0.25, 0.3) is 0 Å². The SMILES string of the molecule is CC(C)(C)OC(=O)NCC(I)CN. The maximum Gasteiger partial charge on any atom is 0.407 e. The third-order valence-electron chi connectivity index (χ3n) is 1.12. The number of carbonyl (C=O) groups is 1. The van der Waals surface area contributed by atoms with Gasteiger partial charge in [-0.3, -0.25) is 0 Å². The normalized spacial score (nSPS) is 13.6. The molecule has 0 aromatic rings. The minimum atomic E-state index is -0.437. The number of alkyl halides is 1. The first-order valence-electron chi connectivity index (χ1n) is 4.16. The number of ether oxygens (including phenoxy) is 1. The Kier molecular flexibility index (Phi) is 5.62. The highest BCUT2D eigenvalue weighted by atomic mass is 127. The highest BCUT2D eigenvalue weighted by Crippen LogP contribution is 2.06. The van der Waals surface area contributed by atoms with Crippen molar-refractivity contribution in [3.63, 3.8) is 0 Å². The largest absolute Gasteiger partial charge is 0.444 e. The predicted octanol–water partition coefficient (Wildman–Crippen LogP) is 1.27. The van der Waals surface area contributed by atoms with Crippen LogP contribution < -0.4 is 11.1 Å². The molecule has 0 spiro atoms. The Hall–Kier alpha value is -0.0400. The summed E-state index contributed by atoms with van der Waals surface area (Å²) in [5.41, 5.74) is 4.95. The molecule has 0 saturated carbocycles. The lowest BCUT2D eigenvalue weighted by Gasteiger charge is -2.20. The summed E-state index contributed by atoms with van der Waals surface area (Å²) < 4.78 is 5.29. The Morgan fingerprint density at radius 3 is 2.54 bits per heavy atom. The Bertz CT molecular complexity index is 168. The molecule has 0 rings (SSSR count). The zero-order chi connectivity index (χ0) is 10.5. The molecule has 13 heavy (non-hydrogen) atoms. The quantitative estimate of drug-likeness (QED) is 0.609. The van der Waals surface area contributed by atoms with E-state index in [4.69, 9.17) is 10.5 Å². The van der Waals surface area contributed by atoms with Crippen molar-refractivity contribution >= 4 is 28.7 Å². The van der Waals surface area contributed by atoms with Crippen molar-refractivity contribution in [3.8, 4) is 0 Å². The second kappa shape index (κ2) is 5.64. The van der Waals surface area contributed by atoms with Gasteiger partial charge in [-0.1, -0.05) is 22.6 Å². The minimum Gasteiger partial charge on any atom is -0.444 e. The molecule has 0 aromatic heterocycles. The Morgan fingerprint density at radius 2 is 2.15 bits per heavy atom. The third kappa shape index (κ3) is 8.29. The summed E-state index contributed by atoms with van der Waals surface area (Å²) in [5, 5.41) is 2.64. The molecule has 0 aromatic carbocycles. The van der Waals surface area contributed by atoms with Crippen LogP contribution in [0.5, 0.6) is 0 Å². The molecule has 0 radical (unpaired) electrons. The Labute approximate surface area is 92.7 Å². The van der Waals surface area contributed by atoms with Crippen molar-refractivity contribution < 1.29 is 9.53 Å². The van der Waals surface area contributed by atoms with Crippen molar-refractivity contribution in [1.29, 1.82) is 0 Å². The lowest BCUT2D eigenvalue weighted by molar-refractivity contribution is 0.0529. The Balaban J connectivity index is 3.64. The standard InChI is InChI=1S/C8H17IN2O2/c1-8(2,3)13-7(12)11-5-6(9)4-10/h6H,4-5,10H2,1-3H3,(H,11,12). The van der Waals surface area contributed by atoms with Crippen LogP contribution in [-0.2, 0) is 4.74 Å². The lowest BCUT2D eigenvalue weighted by atomic mass is 10.2. The molecule has 3 N–H and O–H groups in total. The van der Waals surface area contributed by atoms with Gasteiger partial charge in [-0.15, -0.1) is 0 Å². The molecule has 0 aliphatic carbocycles.